The average Bonchev–Trinajstić information content (AvgIpc) is 3.09. The molecule has 0 N–H and O–H groups in total. The van der Waals surface area contributed by atoms with Gasteiger partial charge in [0.05, 0.1) is 0 Å². The minimum absolute atomic E-state index is 0.788. The molecule has 0 unspecified atom stereocenters. The zero-order valence-corrected chi connectivity index (χ0v) is 12.4. The van der Waals surface area contributed by atoms with Crippen LogP contribution in [0.5, 0.6) is 0 Å². The van der Waals surface area contributed by atoms with Gasteiger partial charge in [-0.15, -0.1) is 10.2 Å². The molecule has 4 aromatic rings. The smallest absolute Gasteiger partial charge is 0.169 e. The van der Waals surface area contributed by atoms with E-state index in [4.69, 9.17) is 0 Å². The monoisotopic (exact) mass is 296 g/mol. The fraction of sp³-hybridized carbons (Fsp3) is 0. The van der Waals surface area contributed by atoms with Crippen molar-refractivity contribution >= 4 is 0 Å². The van der Waals surface area contributed by atoms with Gasteiger partial charge in [0.2, 0.25) is 0 Å². The van der Waals surface area contributed by atoms with Crippen molar-refractivity contribution in [2.45, 2.75) is 0 Å². The van der Waals surface area contributed by atoms with Crippen molar-refractivity contribution < 1.29 is 0 Å². The van der Waals surface area contributed by atoms with E-state index in [-0.39, 0.29) is 0 Å². The lowest BCUT2D eigenvalue weighted by atomic mass is 10.1. The fourth-order valence-electron chi connectivity index (χ4n) is 2.59. The summed E-state index contributed by atoms with van der Waals surface area (Å²) < 4.78 is 2.07. The Morgan fingerprint density at radius 2 is 1.30 bits per heavy atom. The SMILES string of the molecule is [c]1ccccc1-c1nnc(-c2ccccc2)n1-c1ccccc1. The molecule has 4 rings (SSSR count). The lowest BCUT2D eigenvalue weighted by Crippen LogP contribution is -2.00. The van der Waals surface area contributed by atoms with Crippen LogP contribution in [-0.2, 0) is 0 Å². The van der Waals surface area contributed by atoms with Crippen molar-refractivity contribution in [2.24, 2.45) is 0 Å². The molecule has 0 aliphatic heterocycles. The summed E-state index contributed by atoms with van der Waals surface area (Å²) in [4.78, 5) is 0. The summed E-state index contributed by atoms with van der Waals surface area (Å²) in [7, 11) is 0. The van der Waals surface area contributed by atoms with E-state index < -0.39 is 0 Å². The molecule has 3 aromatic carbocycles. The zero-order valence-electron chi connectivity index (χ0n) is 12.4. The van der Waals surface area contributed by atoms with Gasteiger partial charge < -0.3 is 0 Å². The quantitative estimate of drug-likeness (QED) is 0.561. The highest BCUT2D eigenvalue weighted by atomic mass is 15.3. The van der Waals surface area contributed by atoms with Crippen LogP contribution in [0.4, 0.5) is 0 Å². The van der Waals surface area contributed by atoms with Gasteiger partial charge in [-0.25, -0.2) is 0 Å². The van der Waals surface area contributed by atoms with Crippen LogP contribution in [-0.4, -0.2) is 14.8 Å². The Morgan fingerprint density at radius 3 is 2.00 bits per heavy atom. The van der Waals surface area contributed by atoms with E-state index in [9.17, 15) is 0 Å². The van der Waals surface area contributed by atoms with Gasteiger partial charge in [-0.1, -0.05) is 72.8 Å². The molecule has 0 amide bonds. The normalized spacial score (nSPS) is 10.6. The molecule has 0 aliphatic rings. The van der Waals surface area contributed by atoms with Crippen LogP contribution in [0.3, 0.4) is 0 Å². The Labute approximate surface area is 134 Å². The molecule has 0 atom stereocenters. The van der Waals surface area contributed by atoms with Gasteiger partial charge in [0.1, 0.15) is 0 Å². The predicted octanol–water partition coefficient (Wildman–Crippen LogP) is 4.40. The second kappa shape index (κ2) is 5.89. The molecule has 23 heavy (non-hydrogen) atoms. The topological polar surface area (TPSA) is 30.7 Å². The predicted molar refractivity (Wildman–Crippen MR) is 91.1 cm³/mol. The van der Waals surface area contributed by atoms with E-state index in [1.807, 2.05) is 72.8 Å². The molecule has 1 radical (unpaired) electrons. The first kappa shape index (κ1) is 13.5. The number of benzene rings is 3. The Hall–Kier alpha value is -3.20. The Balaban J connectivity index is 1.97. The van der Waals surface area contributed by atoms with Gasteiger partial charge in [-0.2, -0.15) is 0 Å². The molecule has 3 heteroatoms. The highest BCUT2D eigenvalue weighted by molar-refractivity contribution is 5.66. The second-order valence-electron chi connectivity index (χ2n) is 5.16. The van der Waals surface area contributed by atoms with Crippen molar-refractivity contribution in [3.05, 3.63) is 91.0 Å². The molecule has 109 valence electrons. The van der Waals surface area contributed by atoms with Crippen molar-refractivity contribution in [1.82, 2.24) is 14.8 Å². The first-order chi connectivity index (χ1) is 11.4. The highest BCUT2D eigenvalue weighted by Crippen LogP contribution is 2.27. The van der Waals surface area contributed by atoms with E-state index in [0.29, 0.717) is 0 Å². The number of aromatic nitrogens is 3. The Morgan fingerprint density at radius 1 is 0.652 bits per heavy atom. The largest absolute Gasteiger partial charge is 0.275 e. The first-order valence-electron chi connectivity index (χ1n) is 7.47. The maximum atomic E-state index is 4.43. The molecule has 0 saturated carbocycles. The number of nitrogens with zero attached hydrogens (tertiary/aromatic N) is 3. The third kappa shape index (κ3) is 2.53. The molecule has 0 spiro atoms. The number of hydrogen-bond acceptors (Lipinski definition) is 2. The summed E-state index contributed by atoms with van der Waals surface area (Å²) in [6.45, 7) is 0. The van der Waals surface area contributed by atoms with Gasteiger partial charge in [-0.3, -0.25) is 4.57 Å². The van der Waals surface area contributed by atoms with Gasteiger partial charge >= 0.3 is 0 Å². The van der Waals surface area contributed by atoms with Gasteiger partial charge in [-0.05, 0) is 18.2 Å². The summed E-state index contributed by atoms with van der Waals surface area (Å²) >= 11 is 0. The summed E-state index contributed by atoms with van der Waals surface area (Å²) in [5, 5.41) is 8.85. The maximum Gasteiger partial charge on any atom is 0.169 e. The van der Waals surface area contributed by atoms with Gasteiger partial charge in [0.15, 0.2) is 11.6 Å². The van der Waals surface area contributed by atoms with Crippen molar-refractivity contribution in [2.75, 3.05) is 0 Å². The third-order valence-electron chi connectivity index (χ3n) is 3.66. The van der Waals surface area contributed by atoms with Crippen LogP contribution in [0.1, 0.15) is 0 Å². The summed E-state index contributed by atoms with van der Waals surface area (Å²) in [6, 6.07) is 31.3. The summed E-state index contributed by atoms with van der Waals surface area (Å²) in [5.74, 6) is 1.61. The minimum atomic E-state index is 0.788. The van der Waals surface area contributed by atoms with Gasteiger partial charge in [0, 0.05) is 16.8 Å². The summed E-state index contributed by atoms with van der Waals surface area (Å²) in [6.07, 6.45) is 0. The van der Waals surface area contributed by atoms with E-state index >= 15 is 0 Å². The number of para-hydroxylation sites is 1. The molecule has 1 aromatic heterocycles. The van der Waals surface area contributed by atoms with Crippen molar-refractivity contribution in [1.29, 1.82) is 0 Å². The van der Waals surface area contributed by atoms with Crippen LogP contribution in [0.2, 0.25) is 0 Å². The van der Waals surface area contributed by atoms with E-state index in [0.717, 1.165) is 28.5 Å². The maximum absolute atomic E-state index is 4.43. The van der Waals surface area contributed by atoms with Crippen LogP contribution in [0, 0.1) is 6.07 Å². The van der Waals surface area contributed by atoms with Gasteiger partial charge in [0.25, 0.3) is 0 Å². The van der Waals surface area contributed by atoms with Crippen molar-refractivity contribution in [3.63, 3.8) is 0 Å². The number of hydrogen-bond donors (Lipinski definition) is 0. The number of rotatable bonds is 3. The first-order valence-corrected chi connectivity index (χ1v) is 7.47. The summed E-state index contributed by atoms with van der Waals surface area (Å²) in [5.41, 5.74) is 2.99. The molecule has 1 heterocycles. The molecule has 0 bridgehead atoms. The standard InChI is InChI=1S/C20H14N3/c1-4-10-16(11-5-1)19-21-22-20(17-12-6-2-7-13-17)23(19)18-14-8-3-9-15-18/h1-12,14-15H. The molecule has 3 nitrogen and oxygen atoms in total. The molecule has 0 fully saturated rings. The van der Waals surface area contributed by atoms with Crippen LogP contribution in [0.25, 0.3) is 28.5 Å². The van der Waals surface area contributed by atoms with Crippen LogP contribution < -0.4 is 0 Å². The molecule has 0 saturated heterocycles. The molecule has 0 aliphatic carbocycles. The second-order valence-corrected chi connectivity index (χ2v) is 5.16. The van der Waals surface area contributed by atoms with E-state index in [1.54, 1.807) is 0 Å². The molecular weight excluding hydrogens is 282 g/mol. The average molecular weight is 296 g/mol. The fourth-order valence-corrected chi connectivity index (χ4v) is 2.59. The van der Waals surface area contributed by atoms with E-state index in [1.165, 1.54) is 0 Å². The van der Waals surface area contributed by atoms with Crippen LogP contribution >= 0.6 is 0 Å². The van der Waals surface area contributed by atoms with E-state index in [2.05, 4.69) is 33.0 Å². The highest BCUT2D eigenvalue weighted by Gasteiger charge is 2.16. The van der Waals surface area contributed by atoms with Crippen LogP contribution in [0.15, 0.2) is 84.9 Å². The third-order valence-corrected chi connectivity index (χ3v) is 3.66. The zero-order chi connectivity index (χ0) is 15.5. The Bertz CT molecular complexity index is 841. The van der Waals surface area contributed by atoms with Crippen molar-refractivity contribution in [3.8, 4) is 28.5 Å². The molecular formula is C20H14N3. The minimum Gasteiger partial charge on any atom is -0.275 e. The lowest BCUT2D eigenvalue weighted by Gasteiger charge is -2.10. The lowest BCUT2D eigenvalue weighted by molar-refractivity contribution is 1.07. The Kier molecular flexibility index (Phi) is 3.45.